The SMILES string of the molecule is CC(C)(C)c1nnc(NC(=O)NCc2ccc(OCc3ccccn3)cc2)s1. The van der Waals surface area contributed by atoms with Crippen LogP contribution in [-0.2, 0) is 18.6 Å². The van der Waals surface area contributed by atoms with Crippen molar-refractivity contribution >= 4 is 22.5 Å². The lowest BCUT2D eigenvalue weighted by molar-refractivity contribution is 0.251. The summed E-state index contributed by atoms with van der Waals surface area (Å²) in [5.41, 5.74) is 1.75. The highest BCUT2D eigenvalue weighted by Gasteiger charge is 2.19. The molecule has 0 aliphatic heterocycles. The van der Waals surface area contributed by atoms with E-state index in [0.717, 1.165) is 22.0 Å². The Morgan fingerprint density at radius 1 is 1.11 bits per heavy atom. The van der Waals surface area contributed by atoms with Crippen LogP contribution in [0, 0.1) is 0 Å². The van der Waals surface area contributed by atoms with E-state index in [4.69, 9.17) is 4.74 Å². The zero-order valence-corrected chi connectivity index (χ0v) is 16.9. The molecule has 3 rings (SSSR count). The van der Waals surface area contributed by atoms with E-state index in [1.807, 2.05) is 42.5 Å². The van der Waals surface area contributed by atoms with E-state index < -0.39 is 0 Å². The number of ether oxygens (including phenoxy) is 1. The zero-order valence-electron chi connectivity index (χ0n) is 16.1. The molecule has 7 nitrogen and oxygen atoms in total. The largest absolute Gasteiger partial charge is 0.487 e. The number of hydrogen-bond acceptors (Lipinski definition) is 6. The molecule has 3 aromatic rings. The van der Waals surface area contributed by atoms with Gasteiger partial charge in [-0.2, -0.15) is 0 Å². The highest BCUT2D eigenvalue weighted by atomic mass is 32.1. The number of carbonyl (C=O) groups excluding carboxylic acids is 1. The molecular formula is C20H23N5O2S. The Balaban J connectivity index is 1.45. The summed E-state index contributed by atoms with van der Waals surface area (Å²) in [7, 11) is 0. The molecule has 0 spiro atoms. The molecule has 28 heavy (non-hydrogen) atoms. The minimum atomic E-state index is -0.313. The van der Waals surface area contributed by atoms with E-state index in [0.29, 0.717) is 18.3 Å². The minimum absolute atomic E-state index is 0.0888. The lowest BCUT2D eigenvalue weighted by Gasteiger charge is -2.12. The first-order chi connectivity index (χ1) is 13.4. The number of rotatable bonds is 6. The summed E-state index contributed by atoms with van der Waals surface area (Å²) in [6.45, 7) is 6.99. The molecule has 2 aromatic heterocycles. The Hall–Kier alpha value is -3.00. The van der Waals surface area contributed by atoms with E-state index in [1.165, 1.54) is 11.3 Å². The van der Waals surface area contributed by atoms with Crippen molar-refractivity contribution in [2.24, 2.45) is 0 Å². The predicted octanol–water partition coefficient (Wildman–Crippen LogP) is 4.13. The van der Waals surface area contributed by atoms with Crippen LogP contribution in [0.25, 0.3) is 0 Å². The number of urea groups is 1. The second-order valence-corrected chi connectivity index (χ2v) is 8.20. The van der Waals surface area contributed by atoms with Gasteiger partial charge < -0.3 is 10.1 Å². The molecule has 146 valence electrons. The highest BCUT2D eigenvalue weighted by molar-refractivity contribution is 7.15. The average Bonchev–Trinajstić information content (AvgIpc) is 3.15. The summed E-state index contributed by atoms with van der Waals surface area (Å²) in [4.78, 5) is 16.3. The van der Waals surface area contributed by atoms with Gasteiger partial charge in [0.25, 0.3) is 0 Å². The number of aromatic nitrogens is 3. The van der Waals surface area contributed by atoms with Gasteiger partial charge in [-0.05, 0) is 29.8 Å². The van der Waals surface area contributed by atoms with Gasteiger partial charge in [-0.25, -0.2) is 4.79 Å². The Kier molecular flexibility index (Phi) is 6.20. The third-order valence-electron chi connectivity index (χ3n) is 3.78. The van der Waals surface area contributed by atoms with Gasteiger partial charge in [-0.3, -0.25) is 10.3 Å². The van der Waals surface area contributed by atoms with Crippen molar-refractivity contribution in [1.82, 2.24) is 20.5 Å². The number of amides is 2. The Bertz CT molecular complexity index is 904. The molecular weight excluding hydrogens is 374 g/mol. The monoisotopic (exact) mass is 397 g/mol. The van der Waals surface area contributed by atoms with E-state index in [-0.39, 0.29) is 11.4 Å². The van der Waals surface area contributed by atoms with Gasteiger partial charge >= 0.3 is 6.03 Å². The normalized spacial score (nSPS) is 11.1. The van der Waals surface area contributed by atoms with Gasteiger partial charge in [0.05, 0.1) is 5.69 Å². The molecule has 1 aromatic carbocycles. The fourth-order valence-corrected chi connectivity index (χ4v) is 3.04. The van der Waals surface area contributed by atoms with Crippen LogP contribution in [0.4, 0.5) is 9.93 Å². The van der Waals surface area contributed by atoms with E-state index >= 15 is 0 Å². The smallest absolute Gasteiger partial charge is 0.321 e. The van der Waals surface area contributed by atoms with Crippen molar-refractivity contribution in [1.29, 1.82) is 0 Å². The number of hydrogen-bond donors (Lipinski definition) is 2. The Morgan fingerprint density at radius 2 is 1.89 bits per heavy atom. The lowest BCUT2D eigenvalue weighted by atomic mass is 9.98. The summed E-state index contributed by atoms with van der Waals surface area (Å²) < 4.78 is 5.71. The number of nitrogens with zero attached hydrogens (tertiary/aromatic N) is 3. The van der Waals surface area contributed by atoms with Crippen molar-refractivity contribution in [2.45, 2.75) is 39.3 Å². The van der Waals surface area contributed by atoms with E-state index in [1.54, 1.807) is 6.20 Å². The van der Waals surface area contributed by atoms with Gasteiger partial charge in [0.1, 0.15) is 17.4 Å². The summed E-state index contributed by atoms with van der Waals surface area (Å²) in [5.74, 6) is 0.752. The van der Waals surface area contributed by atoms with Crippen LogP contribution >= 0.6 is 11.3 Å². The summed E-state index contributed by atoms with van der Waals surface area (Å²) >= 11 is 1.38. The van der Waals surface area contributed by atoms with Gasteiger partial charge in [0, 0.05) is 18.2 Å². The van der Waals surface area contributed by atoms with Gasteiger partial charge in [0.15, 0.2) is 0 Å². The van der Waals surface area contributed by atoms with Crippen LogP contribution in [0.15, 0.2) is 48.7 Å². The predicted molar refractivity (Wildman–Crippen MR) is 109 cm³/mol. The van der Waals surface area contributed by atoms with Crippen molar-refractivity contribution in [3.05, 3.63) is 64.9 Å². The maximum atomic E-state index is 12.1. The molecule has 0 atom stereocenters. The molecule has 0 bridgehead atoms. The first-order valence-electron chi connectivity index (χ1n) is 8.90. The van der Waals surface area contributed by atoms with Crippen LogP contribution in [-0.4, -0.2) is 21.2 Å². The van der Waals surface area contributed by atoms with Crippen LogP contribution < -0.4 is 15.4 Å². The Morgan fingerprint density at radius 3 is 2.54 bits per heavy atom. The number of nitrogens with one attached hydrogen (secondary N) is 2. The molecule has 0 unspecified atom stereocenters. The van der Waals surface area contributed by atoms with Crippen molar-refractivity contribution in [3.63, 3.8) is 0 Å². The van der Waals surface area contributed by atoms with Crippen LogP contribution in [0.3, 0.4) is 0 Å². The van der Waals surface area contributed by atoms with Crippen molar-refractivity contribution in [3.8, 4) is 5.75 Å². The van der Waals surface area contributed by atoms with E-state index in [2.05, 4.69) is 46.6 Å². The molecule has 2 N–H and O–H groups in total. The fraction of sp³-hybridized carbons (Fsp3) is 0.300. The maximum Gasteiger partial charge on any atom is 0.321 e. The molecule has 0 aliphatic rings. The molecule has 8 heteroatoms. The number of benzene rings is 1. The molecule has 0 fully saturated rings. The van der Waals surface area contributed by atoms with Gasteiger partial charge in [-0.1, -0.05) is 50.3 Å². The summed E-state index contributed by atoms with van der Waals surface area (Å²) in [6.07, 6.45) is 1.74. The molecule has 0 saturated carbocycles. The second kappa shape index (κ2) is 8.79. The molecule has 0 aliphatic carbocycles. The van der Waals surface area contributed by atoms with E-state index in [9.17, 15) is 4.79 Å². The standard InChI is InChI=1S/C20H23N5O2S/c1-20(2,3)17-24-25-19(28-17)23-18(26)22-12-14-7-9-16(10-8-14)27-13-15-6-4-5-11-21-15/h4-11H,12-13H2,1-3H3,(H2,22,23,25,26). The van der Waals surface area contributed by atoms with Gasteiger partial charge in [-0.15, -0.1) is 10.2 Å². The molecule has 2 heterocycles. The first kappa shape index (κ1) is 19.8. The van der Waals surface area contributed by atoms with Crippen LogP contribution in [0.2, 0.25) is 0 Å². The molecule has 2 amide bonds. The molecule has 0 radical (unpaired) electrons. The lowest BCUT2D eigenvalue weighted by Crippen LogP contribution is -2.28. The summed E-state index contributed by atoms with van der Waals surface area (Å²) in [5, 5.41) is 15.0. The van der Waals surface area contributed by atoms with Crippen LogP contribution in [0.1, 0.15) is 37.0 Å². The topological polar surface area (TPSA) is 89.0 Å². The maximum absolute atomic E-state index is 12.1. The summed E-state index contributed by atoms with van der Waals surface area (Å²) in [6, 6.07) is 13.0. The third kappa shape index (κ3) is 5.75. The quantitative estimate of drug-likeness (QED) is 0.653. The average molecular weight is 398 g/mol. The second-order valence-electron chi connectivity index (χ2n) is 7.22. The van der Waals surface area contributed by atoms with Crippen LogP contribution in [0.5, 0.6) is 5.75 Å². The third-order valence-corrected chi connectivity index (χ3v) is 5.04. The number of carbonyl (C=O) groups is 1. The zero-order chi connectivity index (χ0) is 20.0. The highest BCUT2D eigenvalue weighted by Crippen LogP contribution is 2.27. The first-order valence-corrected chi connectivity index (χ1v) is 9.72. The fourth-order valence-electron chi connectivity index (χ4n) is 2.24. The Labute approximate surface area is 168 Å². The van der Waals surface area contributed by atoms with Crippen molar-refractivity contribution in [2.75, 3.05) is 5.32 Å². The number of pyridine rings is 1. The minimum Gasteiger partial charge on any atom is -0.487 e. The van der Waals surface area contributed by atoms with Crippen molar-refractivity contribution < 1.29 is 9.53 Å². The molecule has 0 saturated heterocycles. The van der Waals surface area contributed by atoms with Gasteiger partial charge in [0.2, 0.25) is 5.13 Å². The number of anilines is 1.